The second kappa shape index (κ2) is 7.11. The maximum atomic E-state index is 13.4. The topological polar surface area (TPSA) is 55.1 Å². The van der Waals surface area contributed by atoms with Gasteiger partial charge in [-0.3, -0.25) is 4.79 Å². The van der Waals surface area contributed by atoms with E-state index in [9.17, 15) is 9.18 Å². The van der Waals surface area contributed by atoms with Crippen LogP contribution in [0.3, 0.4) is 0 Å². The normalized spacial score (nSPS) is 12.2. The van der Waals surface area contributed by atoms with Crippen molar-refractivity contribution in [2.75, 3.05) is 11.9 Å². The van der Waals surface area contributed by atoms with Crippen molar-refractivity contribution in [3.63, 3.8) is 0 Å². The number of nitrogens with one attached hydrogen (secondary N) is 1. The van der Waals surface area contributed by atoms with E-state index in [4.69, 9.17) is 5.73 Å². The molecule has 4 heteroatoms. The number of carbonyl (C=O) groups is 1. The number of amides is 1. The minimum atomic E-state index is -0.399. The molecule has 0 aromatic heterocycles. The first-order chi connectivity index (χ1) is 8.52. The first-order valence-corrected chi connectivity index (χ1v) is 6.29. The van der Waals surface area contributed by atoms with Crippen LogP contribution in [0.2, 0.25) is 0 Å². The Kier molecular flexibility index (Phi) is 5.78. The van der Waals surface area contributed by atoms with Crippen molar-refractivity contribution in [2.24, 2.45) is 11.7 Å². The number of anilines is 1. The van der Waals surface area contributed by atoms with E-state index >= 15 is 0 Å². The Morgan fingerprint density at radius 1 is 1.44 bits per heavy atom. The van der Waals surface area contributed by atoms with Crippen LogP contribution in [-0.2, 0) is 4.79 Å². The maximum Gasteiger partial charge on any atom is 0.224 e. The fourth-order valence-electron chi connectivity index (χ4n) is 1.75. The summed E-state index contributed by atoms with van der Waals surface area (Å²) >= 11 is 0. The number of nitrogens with two attached hydrogens (primary N) is 1. The van der Waals surface area contributed by atoms with Gasteiger partial charge in [0, 0.05) is 6.42 Å². The number of halogens is 1. The quantitative estimate of drug-likeness (QED) is 0.818. The summed E-state index contributed by atoms with van der Waals surface area (Å²) in [4.78, 5) is 11.7. The van der Waals surface area contributed by atoms with Crippen molar-refractivity contribution >= 4 is 11.6 Å². The zero-order valence-electron chi connectivity index (χ0n) is 11.0. The summed E-state index contributed by atoms with van der Waals surface area (Å²) in [5.41, 5.74) is 6.62. The molecule has 3 N–H and O–H groups in total. The third-order valence-corrected chi connectivity index (χ3v) is 2.92. The molecule has 1 atom stereocenters. The second-order valence-electron chi connectivity index (χ2n) is 4.75. The summed E-state index contributed by atoms with van der Waals surface area (Å²) in [7, 11) is 0. The summed E-state index contributed by atoms with van der Waals surface area (Å²) < 4.78 is 13.4. The lowest BCUT2D eigenvalue weighted by molar-refractivity contribution is -0.116. The van der Waals surface area contributed by atoms with Crippen molar-refractivity contribution in [1.29, 1.82) is 0 Å². The molecule has 3 nitrogen and oxygen atoms in total. The lowest BCUT2D eigenvalue weighted by Crippen LogP contribution is -2.15. The fourth-order valence-corrected chi connectivity index (χ4v) is 1.75. The Morgan fingerprint density at radius 2 is 2.17 bits per heavy atom. The highest BCUT2D eigenvalue weighted by atomic mass is 19.1. The molecule has 1 amide bonds. The van der Waals surface area contributed by atoms with Crippen molar-refractivity contribution in [2.45, 2.75) is 33.1 Å². The van der Waals surface area contributed by atoms with Crippen LogP contribution in [0.4, 0.5) is 10.1 Å². The van der Waals surface area contributed by atoms with Gasteiger partial charge in [-0.05, 0) is 49.9 Å². The summed E-state index contributed by atoms with van der Waals surface area (Å²) in [6, 6.07) is 4.67. The molecule has 0 aliphatic heterocycles. The Hall–Kier alpha value is -1.42. The van der Waals surface area contributed by atoms with Gasteiger partial charge >= 0.3 is 0 Å². The molecule has 0 saturated carbocycles. The molecule has 0 heterocycles. The third-order valence-electron chi connectivity index (χ3n) is 2.92. The largest absolute Gasteiger partial charge is 0.330 e. The Labute approximate surface area is 108 Å². The number of hydrogen-bond acceptors (Lipinski definition) is 2. The first kappa shape index (κ1) is 14.6. The van der Waals surface area contributed by atoms with E-state index in [-0.39, 0.29) is 11.6 Å². The van der Waals surface area contributed by atoms with Gasteiger partial charge in [-0.2, -0.15) is 0 Å². The summed E-state index contributed by atoms with van der Waals surface area (Å²) in [6.45, 7) is 4.56. The SMILES string of the molecule is Cc1ccc(F)c(NC(=O)CCC(C)CCN)c1. The highest BCUT2D eigenvalue weighted by Gasteiger charge is 2.09. The van der Waals surface area contributed by atoms with E-state index in [1.807, 2.05) is 6.92 Å². The smallest absolute Gasteiger partial charge is 0.224 e. The molecule has 0 saturated heterocycles. The third kappa shape index (κ3) is 4.84. The highest BCUT2D eigenvalue weighted by molar-refractivity contribution is 5.90. The molecule has 0 bridgehead atoms. The Morgan fingerprint density at radius 3 is 2.83 bits per heavy atom. The van der Waals surface area contributed by atoms with E-state index in [1.165, 1.54) is 6.07 Å². The van der Waals surface area contributed by atoms with Gasteiger partial charge in [-0.25, -0.2) is 4.39 Å². The predicted molar refractivity (Wildman–Crippen MR) is 71.8 cm³/mol. The summed E-state index contributed by atoms with van der Waals surface area (Å²) in [6.07, 6.45) is 2.08. The first-order valence-electron chi connectivity index (χ1n) is 6.29. The number of hydrogen-bond donors (Lipinski definition) is 2. The molecular weight excluding hydrogens is 231 g/mol. The van der Waals surface area contributed by atoms with Gasteiger partial charge in [0.15, 0.2) is 0 Å². The molecule has 1 aromatic rings. The zero-order chi connectivity index (χ0) is 13.5. The van der Waals surface area contributed by atoms with Crippen LogP contribution in [-0.4, -0.2) is 12.5 Å². The standard InChI is InChI=1S/C14H21FN2O/c1-10(7-8-16)4-6-14(18)17-13-9-11(2)3-5-12(13)15/h3,5,9-10H,4,6-8,16H2,1-2H3,(H,17,18). The second-order valence-corrected chi connectivity index (χ2v) is 4.75. The van der Waals surface area contributed by atoms with E-state index in [0.29, 0.717) is 18.9 Å². The highest BCUT2D eigenvalue weighted by Crippen LogP contribution is 2.17. The van der Waals surface area contributed by atoms with Crippen LogP contribution in [0.25, 0.3) is 0 Å². The number of aryl methyl sites for hydroxylation is 1. The zero-order valence-corrected chi connectivity index (χ0v) is 11.0. The lowest BCUT2D eigenvalue weighted by Gasteiger charge is -2.10. The molecule has 1 unspecified atom stereocenters. The van der Waals surface area contributed by atoms with Gasteiger partial charge in [0.2, 0.25) is 5.91 Å². The van der Waals surface area contributed by atoms with Gasteiger partial charge in [0.1, 0.15) is 5.82 Å². The minimum absolute atomic E-state index is 0.150. The number of rotatable bonds is 6. The van der Waals surface area contributed by atoms with E-state index in [2.05, 4.69) is 12.2 Å². The Bertz CT molecular complexity index is 407. The molecule has 1 aromatic carbocycles. The minimum Gasteiger partial charge on any atom is -0.330 e. The predicted octanol–water partition coefficient (Wildman–Crippen LogP) is 2.84. The van der Waals surface area contributed by atoms with Crippen LogP contribution >= 0.6 is 0 Å². The van der Waals surface area contributed by atoms with Crippen LogP contribution in [0.5, 0.6) is 0 Å². The molecule has 0 aliphatic rings. The fraction of sp³-hybridized carbons (Fsp3) is 0.500. The van der Waals surface area contributed by atoms with E-state index in [0.717, 1.165) is 18.4 Å². The van der Waals surface area contributed by atoms with Gasteiger partial charge in [-0.1, -0.05) is 13.0 Å². The average molecular weight is 252 g/mol. The number of carbonyl (C=O) groups excluding carboxylic acids is 1. The van der Waals surface area contributed by atoms with Crippen molar-refractivity contribution in [3.8, 4) is 0 Å². The average Bonchev–Trinajstić information content (AvgIpc) is 2.32. The molecule has 0 spiro atoms. The maximum absolute atomic E-state index is 13.4. The van der Waals surface area contributed by atoms with Crippen molar-refractivity contribution in [3.05, 3.63) is 29.6 Å². The van der Waals surface area contributed by atoms with Gasteiger partial charge in [0.05, 0.1) is 5.69 Å². The van der Waals surface area contributed by atoms with Crippen LogP contribution in [0, 0.1) is 18.7 Å². The van der Waals surface area contributed by atoms with Crippen LogP contribution < -0.4 is 11.1 Å². The van der Waals surface area contributed by atoms with Crippen molar-refractivity contribution in [1.82, 2.24) is 0 Å². The van der Waals surface area contributed by atoms with Gasteiger partial charge in [0.25, 0.3) is 0 Å². The van der Waals surface area contributed by atoms with E-state index in [1.54, 1.807) is 12.1 Å². The van der Waals surface area contributed by atoms with Crippen LogP contribution in [0.15, 0.2) is 18.2 Å². The molecule has 18 heavy (non-hydrogen) atoms. The molecular formula is C14H21FN2O. The summed E-state index contributed by atoms with van der Waals surface area (Å²) in [5, 5.41) is 2.60. The molecule has 0 fully saturated rings. The van der Waals surface area contributed by atoms with Gasteiger partial charge < -0.3 is 11.1 Å². The Balaban J connectivity index is 2.47. The molecule has 1 rings (SSSR count). The van der Waals surface area contributed by atoms with Gasteiger partial charge in [-0.15, -0.1) is 0 Å². The molecule has 100 valence electrons. The molecule has 0 aliphatic carbocycles. The van der Waals surface area contributed by atoms with E-state index < -0.39 is 5.82 Å². The monoisotopic (exact) mass is 252 g/mol. The lowest BCUT2D eigenvalue weighted by atomic mass is 10.0. The summed E-state index contributed by atoms with van der Waals surface area (Å²) in [5.74, 6) is -0.129. The van der Waals surface area contributed by atoms with Crippen molar-refractivity contribution < 1.29 is 9.18 Å². The molecule has 0 radical (unpaired) electrons. The van der Waals surface area contributed by atoms with Crippen LogP contribution in [0.1, 0.15) is 31.7 Å². The number of benzene rings is 1.